The molecule has 2 unspecified atom stereocenters. The van der Waals surface area contributed by atoms with Crippen molar-refractivity contribution in [2.45, 2.75) is 26.2 Å². The molecule has 1 fully saturated rings. The van der Waals surface area contributed by atoms with Crippen LogP contribution >= 0.6 is 0 Å². The number of benzene rings is 1. The van der Waals surface area contributed by atoms with Crippen molar-refractivity contribution in [3.63, 3.8) is 0 Å². The Balaban J connectivity index is 1.53. The highest BCUT2D eigenvalue weighted by Gasteiger charge is 2.55. The van der Waals surface area contributed by atoms with Gasteiger partial charge < -0.3 is 9.94 Å². The van der Waals surface area contributed by atoms with Crippen LogP contribution in [-0.4, -0.2) is 16.8 Å². The molecule has 2 atom stereocenters. The number of aromatic carboxylic acids is 1. The Bertz CT molecular complexity index is 881. The van der Waals surface area contributed by atoms with Gasteiger partial charge in [-0.05, 0) is 36.5 Å². The molecule has 0 spiro atoms. The zero-order chi connectivity index (χ0) is 17.6. The Hall–Kier alpha value is -2.69. The van der Waals surface area contributed by atoms with E-state index in [4.69, 9.17) is 9.94 Å². The zero-order valence-corrected chi connectivity index (χ0v) is 13.8. The van der Waals surface area contributed by atoms with Gasteiger partial charge in [0, 0.05) is 17.9 Å². The van der Waals surface area contributed by atoms with Crippen molar-refractivity contribution in [1.29, 1.82) is 0 Å². The number of hydrogen-bond acceptors (Lipinski definition) is 3. The van der Waals surface area contributed by atoms with Gasteiger partial charge in [-0.25, -0.2) is 9.18 Å². The minimum Gasteiger partial charge on any atom is -0.478 e. The molecule has 0 saturated heterocycles. The predicted molar refractivity (Wildman–Crippen MR) is 91.8 cm³/mol. The minimum atomic E-state index is -0.987. The predicted octanol–water partition coefficient (Wildman–Crippen LogP) is 4.60. The second kappa shape index (κ2) is 5.69. The molecule has 3 aliphatic rings. The first-order valence-electron chi connectivity index (χ1n) is 8.41. The van der Waals surface area contributed by atoms with Crippen LogP contribution in [0.1, 0.15) is 42.1 Å². The van der Waals surface area contributed by atoms with Crippen LogP contribution in [0.3, 0.4) is 0 Å². The average Bonchev–Trinajstić information content (AvgIpc) is 3.39. The standard InChI is InChI=1S/C20H18FNO3/c1-2-20-9-8-14(18(21)15(20)11-20)17-7-6-16(22-25-17)12-4-3-5-13(10-12)19(23)24/h3-5,7-10,15H,2,6,11H2,1H3,(H,23,24). The number of carboxylic acids is 1. The Morgan fingerprint density at radius 1 is 1.48 bits per heavy atom. The first-order valence-corrected chi connectivity index (χ1v) is 8.41. The minimum absolute atomic E-state index is 0.00844. The first kappa shape index (κ1) is 15.8. The van der Waals surface area contributed by atoms with Gasteiger partial charge in [0.25, 0.3) is 0 Å². The van der Waals surface area contributed by atoms with E-state index >= 15 is 0 Å². The summed E-state index contributed by atoms with van der Waals surface area (Å²) in [7, 11) is 0. The fourth-order valence-electron chi connectivity index (χ4n) is 3.60. The normalized spacial score (nSPS) is 27.2. The molecular formula is C20H18FNO3. The summed E-state index contributed by atoms with van der Waals surface area (Å²) in [6.07, 6.45) is 7.97. The molecule has 5 heteroatoms. The van der Waals surface area contributed by atoms with E-state index < -0.39 is 5.97 Å². The lowest BCUT2D eigenvalue weighted by molar-refractivity contribution is 0.0697. The van der Waals surface area contributed by atoms with Crippen LogP contribution < -0.4 is 0 Å². The second-order valence-electron chi connectivity index (χ2n) is 6.73. The number of halogens is 1. The summed E-state index contributed by atoms with van der Waals surface area (Å²) >= 11 is 0. The summed E-state index contributed by atoms with van der Waals surface area (Å²) < 4.78 is 14.7. The second-order valence-corrected chi connectivity index (χ2v) is 6.73. The van der Waals surface area contributed by atoms with Crippen LogP contribution in [-0.2, 0) is 4.84 Å². The third kappa shape index (κ3) is 2.60. The molecule has 4 rings (SSSR count). The number of allylic oxidation sites excluding steroid dienone is 4. The molecule has 1 heterocycles. The van der Waals surface area contributed by atoms with Gasteiger partial charge in [0.05, 0.1) is 16.8 Å². The molecule has 128 valence electrons. The Kier molecular flexibility index (Phi) is 3.60. The number of oxime groups is 1. The van der Waals surface area contributed by atoms with Crippen LogP contribution in [0.25, 0.3) is 0 Å². The quantitative estimate of drug-likeness (QED) is 0.872. The van der Waals surface area contributed by atoms with E-state index in [9.17, 15) is 9.18 Å². The lowest BCUT2D eigenvalue weighted by Gasteiger charge is -2.19. The SMILES string of the molecule is CCC12C=CC(C3=CCC(c4cccc(C(=O)O)c4)=NO3)=C(F)C1C2. The molecule has 0 amide bonds. The van der Waals surface area contributed by atoms with E-state index in [-0.39, 0.29) is 22.7 Å². The van der Waals surface area contributed by atoms with Crippen molar-refractivity contribution in [3.8, 4) is 0 Å². The van der Waals surface area contributed by atoms with Crippen molar-refractivity contribution in [3.05, 3.63) is 70.8 Å². The van der Waals surface area contributed by atoms with Gasteiger partial charge in [0.15, 0.2) is 5.76 Å². The van der Waals surface area contributed by atoms with Gasteiger partial charge in [-0.1, -0.05) is 36.4 Å². The van der Waals surface area contributed by atoms with Crippen LogP contribution in [0.2, 0.25) is 0 Å². The number of hydrogen-bond donors (Lipinski definition) is 1. The van der Waals surface area contributed by atoms with Crippen molar-refractivity contribution in [2.24, 2.45) is 16.5 Å². The van der Waals surface area contributed by atoms with Gasteiger partial charge in [-0.2, -0.15) is 0 Å². The van der Waals surface area contributed by atoms with E-state index in [0.717, 1.165) is 12.8 Å². The number of fused-ring (bicyclic) bond motifs is 1. The van der Waals surface area contributed by atoms with Crippen molar-refractivity contribution in [1.82, 2.24) is 0 Å². The van der Waals surface area contributed by atoms with Crippen molar-refractivity contribution in [2.75, 3.05) is 0 Å². The van der Waals surface area contributed by atoms with E-state index in [1.54, 1.807) is 30.4 Å². The molecule has 2 aliphatic carbocycles. The smallest absolute Gasteiger partial charge is 0.335 e. The van der Waals surface area contributed by atoms with E-state index in [2.05, 4.69) is 18.2 Å². The van der Waals surface area contributed by atoms with Crippen LogP contribution in [0.4, 0.5) is 4.39 Å². The monoisotopic (exact) mass is 339 g/mol. The molecule has 0 radical (unpaired) electrons. The summed E-state index contributed by atoms with van der Waals surface area (Å²) in [6.45, 7) is 2.08. The maximum absolute atomic E-state index is 14.7. The Morgan fingerprint density at radius 3 is 3.00 bits per heavy atom. The molecule has 1 aromatic rings. The van der Waals surface area contributed by atoms with Gasteiger partial charge in [-0.15, -0.1) is 0 Å². The van der Waals surface area contributed by atoms with E-state index in [0.29, 0.717) is 29.0 Å². The first-order chi connectivity index (χ1) is 12.0. The summed E-state index contributed by atoms with van der Waals surface area (Å²) in [4.78, 5) is 16.5. The topological polar surface area (TPSA) is 58.9 Å². The molecular weight excluding hydrogens is 321 g/mol. The summed E-state index contributed by atoms with van der Waals surface area (Å²) in [5.41, 5.74) is 2.00. The summed E-state index contributed by atoms with van der Waals surface area (Å²) in [6, 6.07) is 6.54. The molecule has 0 bridgehead atoms. The fourth-order valence-corrected chi connectivity index (χ4v) is 3.60. The molecule has 1 N–H and O–H groups in total. The van der Waals surface area contributed by atoms with Gasteiger partial charge in [0.1, 0.15) is 5.83 Å². The lowest BCUT2D eigenvalue weighted by Crippen LogP contribution is -2.11. The third-order valence-corrected chi connectivity index (χ3v) is 5.36. The summed E-state index contributed by atoms with van der Waals surface area (Å²) in [5.74, 6) is -0.691. The maximum atomic E-state index is 14.7. The Morgan fingerprint density at radius 2 is 2.32 bits per heavy atom. The average molecular weight is 339 g/mol. The fraction of sp³-hybridized carbons (Fsp3) is 0.300. The highest BCUT2D eigenvalue weighted by atomic mass is 19.1. The highest BCUT2D eigenvalue weighted by molar-refractivity contribution is 6.03. The molecule has 0 aromatic heterocycles. The van der Waals surface area contributed by atoms with Gasteiger partial charge in [0.2, 0.25) is 0 Å². The maximum Gasteiger partial charge on any atom is 0.335 e. The molecule has 25 heavy (non-hydrogen) atoms. The third-order valence-electron chi connectivity index (χ3n) is 5.36. The van der Waals surface area contributed by atoms with Crippen LogP contribution in [0, 0.1) is 11.3 Å². The molecule has 1 aromatic carbocycles. The number of rotatable bonds is 4. The molecule has 1 saturated carbocycles. The van der Waals surface area contributed by atoms with Crippen LogP contribution in [0.15, 0.2) is 64.8 Å². The summed E-state index contributed by atoms with van der Waals surface area (Å²) in [5, 5.41) is 13.2. The lowest BCUT2D eigenvalue weighted by atomic mass is 9.91. The van der Waals surface area contributed by atoms with E-state index in [1.807, 2.05) is 0 Å². The van der Waals surface area contributed by atoms with Crippen molar-refractivity contribution >= 4 is 11.7 Å². The Labute approximate surface area is 145 Å². The van der Waals surface area contributed by atoms with Crippen LogP contribution in [0.5, 0.6) is 0 Å². The zero-order valence-electron chi connectivity index (χ0n) is 13.8. The number of nitrogens with zero attached hydrogens (tertiary/aromatic N) is 1. The van der Waals surface area contributed by atoms with Crippen molar-refractivity contribution < 1.29 is 19.1 Å². The highest BCUT2D eigenvalue weighted by Crippen LogP contribution is 2.63. The van der Waals surface area contributed by atoms with Gasteiger partial charge >= 0.3 is 5.97 Å². The molecule has 4 nitrogen and oxygen atoms in total. The largest absolute Gasteiger partial charge is 0.478 e. The number of carbonyl (C=O) groups is 1. The molecule has 1 aliphatic heterocycles. The van der Waals surface area contributed by atoms with E-state index in [1.165, 1.54) is 6.07 Å². The van der Waals surface area contributed by atoms with Gasteiger partial charge in [-0.3, -0.25) is 0 Å². The number of carboxylic acid groups (broad SMARTS) is 1.